The van der Waals surface area contributed by atoms with Crippen LogP contribution >= 0.6 is 0 Å². The van der Waals surface area contributed by atoms with Gasteiger partial charge in [0.05, 0.1) is 19.0 Å². The van der Waals surface area contributed by atoms with Crippen LogP contribution in [0.2, 0.25) is 0 Å². The van der Waals surface area contributed by atoms with E-state index in [0.29, 0.717) is 22.7 Å². The first-order valence-electron chi connectivity index (χ1n) is 11.2. The maximum Gasteiger partial charge on any atom is 0.325 e. The van der Waals surface area contributed by atoms with Crippen molar-refractivity contribution < 1.29 is 23.9 Å². The number of aryl methyl sites for hydroxylation is 1. The molecule has 1 aliphatic heterocycles. The monoisotopic (exact) mass is 490 g/mol. The predicted molar refractivity (Wildman–Crippen MR) is 131 cm³/mol. The summed E-state index contributed by atoms with van der Waals surface area (Å²) in [5.41, 5.74) is 1.32. The predicted octanol–water partition coefficient (Wildman–Crippen LogP) is 2.24. The second-order valence-electron chi connectivity index (χ2n) is 8.56. The molecule has 1 unspecified atom stereocenters. The van der Waals surface area contributed by atoms with E-state index in [2.05, 4.69) is 21.0 Å². The lowest BCUT2D eigenvalue weighted by Crippen LogP contribution is -2.42. The number of imide groups is 1. The zero-order valence-corrected chi connectivity index (χ0v) is 20.1. The molecule has 1 aliphatic rings. The number of nitrogens with zero attached hydrogens (tertiary/aromatic N) is 3. The summed E-state index contributed by atoms with van der Waals surface area (Å²) in [6.07, 6.45) is 2.86. The molecule has 0 saturated carbocycles. The number of carbonyl (C=O) groups is 4. The fourth-order valence-corrected chi connectivity index (χ4v) is 3.80. The average Bonchev–Trinajstić information content (AvgIpc) is 3.37. The van der Waals surface area contributed by atoms with Crippen LogP contribution < -0.4 is 20.7 Å². The Morgan fingerprint density at radius 1 is 0.972 bits per heavy atom. The van der Waals surface area contributed by atoms with Gasteiger partial charge in [-0.2, -0.15) is 5.10 Å². The summed E-state index contributed by atoms with van der Waals surface area (Å²) in [5.74, 6) is -0.726. The Hall–Kier alpha value is -4.67. The summed E-state index contributed by atoms with van der Waals surface area (Å²) in [6.45, 7) is 2.99. The van der Waals surface area contributed by atoms with E-state index in [1.54, 1.807) is 50.4 Å². The van der Waals surface area contributed by atoms with Gasteiger partial charge in [-0.3, -0.25) is 24.0 Å². The summed E-state index contributed by atoms with van der Waals surface area (Å²) in [4.78, 5) is 51.2. The van der Waals surface area contributed by atoms with Crippen molar-refractivity contribution >= 4 is 35.1 Å². The lowest BCUT2D eigenvalue weighted by molar-refractivity contribution is -0.133. The van der Waals surface area contributed by atoms with Crippen LogP contribution in [-0.2, 0) is 26.5 Å². The number of hydrogen-bond donors (Lipinski definition) is 3. The first-order valence-corrected chi connectivity index (χ1v) is 11.2. The van der Waals surface area contributed by atoms with Gasteiger partial charge in [0.1, 0.15) is 24.4 Å². The van der Waals surface area contributed by atoms with Gasteiger partial charge in [-0.15, -0.1) is 0 Å². The van der Waals surface area contributed by atoms with Gasteiger partial charge in [-0.05, 0) is 43.7 Å². The van der Waals surface area contributed by atoms with E-state index in [4.69, 9.17) is 4.74 Å². The van der Waals surface area contributed by atoms with Crippen molar-refractivity contribution in [2.75, 3.05) is 24.3 Å². The van der Waals surface area contributed by atoms with Crippen LogP contribution in [0, 0.1) is 6.92 Å². The smallest absolute Gasteiger partial charge is 0.325 e. The number of benzene rings is 2. The Morgan fingerprint density at radius 2 is 1.61 bits per heavy atom. The summed E-state index contributed by atoms with van der Waals surface area (Å²) in [7, 11) is 1.56. The number of ether oxygens (including phenoxy) is 1. The van der Waals surface area contributed by atoms with E-state index in [1.165, 1.54) is 17.1 Å². The van der Waals surface area contributed by atoms with Gasteiger partial charge < -0.3 is 20.7 Å². The standard InChI is InChI=1S/C25H26N6O5/c1-16-4-6-17(7-5-16)25(2)23(34)31(24(35)29-25)15-22(33)28-19-12-26-30(13-19)14-21(32)27-18-8-10-20(36-3)11-9-18/h4-13H,14-15H2,1-3H3,(H,27,32)(H,28,33)(H,29,35). The van der Waals surface area contributed by atoms with Gasteiger partial charge in [-0.1, -0.05) is 29.8 Å². The molecule has 11 heteroatoms. The molecule has 1 aromatic heterocycles. The van der Waals surface area contributed by atoms with Crippen LogP contribution in [0.15, 0.2) is 60.9 Å². The lowest BCUT2D eigenvalue weighted by atomic mass is 9.91. The maximum absolute atomic E-state index is 13.0. The van der Waals surface area contributed by atoms with Gasteiger partial charge in [0, 0.05) is 11.9 Å². The highest BCUT2D eigenvalue weighted by Crippen LogP contribution is 2.29. The van der Waals surface area contributed by atoms with E-state index in [1.807, 2.05) is 19.1 Å². The van der Waals surface area contributed by atoms with Crippen molar-refractivity contribution in [2.24, 2.45) is 0 Å². The molecule has 0 bridgehead atoms. The number of carbonyl (C=O) groups excluding carboxylic acids is 4. The summed E-state index contributed by atoms with van der Waals surface area (Å²) in [5, 5.41) is 12.1. The van der Waals surface area contributed by atoms with E-state index >= 15 is 0 Å². The molecular formula is C25H26N6O5. The molecule has 5 amide bonds. The zero-order chi connectivity index (χ0) is 25.9. The number of hydrogen-bond acceptors (Lipinski definition) is 6. The fraction of sp³-hybridized carbons (Fsp3) is 0.240. The number of aromatic nitrogens is 2. The summed E-state index contributed by atoms with van der Waals surface area (Å²) < 4.78 is 6.44. The summed E-state index contributed by atoms with van der Waals surface area (Å²) in [6, 6.07) is 13.5. The van der Waals surface area contributed by atoms with E-state index in [-0.39, 0.29) is 12.5 Å². The average molecular weight is 491 g/mol. The Balaban J connectivity index is 1.32. The van der Waals surface area contributed by atoms with Crippen LogP contribution in [-0.4, -0.2) is 52.1 Å². The number of urea groups is 1. The quantitative estimate of drug-likeness (QED) is 0.415. The summed E-state index contributed by atoms with van der Waals surface area (Å²) >= 11 is 0. The fourth-order valence-electron chi connectivity index (χ4n) is 3.80. The van der Waals surface area contributed by atoms with Gasteiger partial charge in [0.25, 0.3) is 5.91 Å². The molecule has 36 heavy (non-hydrogen) atoms. The lowest BCUT2D eigenvalue weighted by Gasteiger charge is -2.22. The third-order valence-corrected chi connectivity index (χ3v) is 5.80. The second-order valence-corrected chi connectivity index (χ2v) is 8.56. The van der Waals surface area contributed by atoms with Crippen LogP contribution in [0.25, 0.3) is 0 Å². The third kappa shape index (κ3) is 5.19. The second kappa shape index (κ2) is 9.90. The van der Waals surface area contributed by atoms with Gasteiger partial charge in [-0.25, -0.2) is 4.79 Å². The van der Waals surface area contributed by atoms with Crippen molar-refractivity contribution in [3.8, 4) is 5.75 Å². The highest BCUT2D eigenvalue weighted by atomic mass is 16.5. The molecule has 4 rings (SSSR count). The Kier molecular flexibility index (Phi) is 6.73. The SMILES string of the molecule is COc1ccc(NC(=O)Cn2cc(NC(=O)CN3C(=O)NC(C)(c4ccc(C)cc4)C3=O)cn2)cc1. The van der Waals surface area contributed by atoms with E-state index in [0.717, 1.165) is 10.5 Å². The number of nitrogens with one attached hydrogen (secondary N) is 3. The van der Waals surface area contributed by atoms with Crippen molar-refractivity contribution in [2.45, 2.75) is 25.9 Å². The first kappa shape index (κ1) is 24.5. The third-order valence-electron chi connectivity index (χ3n) is 5.80. The minimum absolute atomic E-state index is 0.0795. The molecule has 1 fully saturated rings. The molecule has 0 spiro atoms. The van der Waals surface area contributed by atoms with Crippen LogP contribution in [0.5, 0.6) is 5.75 Å². The van der Waals surface area contributed by atoms with Crippen molar-refractivity contribution in [1.29, 1.82) is 0 Å². The van der Waals surface area contributed by atoms with Crippen LogP contribution in [0.4, 0.5) is 16.2 Å². The minimum Gasteiger partial charge on any atom is -0.497 e. The highest BCUT2D eigenvalue weighted by molar-refractivity contribution is 6.10. The number of rotatable bonds is 8. The highest BCUT2D eigenvalue weighted by Gasteiger charge is 2.49. The largest absolute Gasteiger partial charge is 0.497 e. The van der Waals surface area contributed by atoms with Crippen molar-refractivity contribution in [1.82, 2.24) is 20.0 Å². The molecule has 0 radical (unpaired) electrons. The van der Waals surface area contributed by atoms with E-state index in [9.17, 15) is 19.2 Å². The molecule has 3 aromatic rings. The Bertz CT molecular complexity index is 1300. The van der Waals surface area contributed by atoms with Crippen molar-refractivity contribution in [3.63, 3.8) is 0 Å². The topological polar surface area (TPSA) is 135 Å². The molecule has 1 saturated heterocycles. The number of anilines is 2. The molecule has 2 aromatic carbocycles. The first-order chi connectivity index (χ1) is 17.2. The van der Waals surface area contributed by atoms with Gasteiger partial charge in [0.2, 0.25) is 11.8 Å². The number of amides is 5. The minimum atomic E-state index is -1.26. The van der Waals surface area contributed by atoms with Crippen LogP contribution in [0.3, 0.4) is 0 Å². The molecular weight excluding hydrogens is 464 g/mol. The van der Waals surface area contributed by atoms with E-state index < -0.39 is 29.9 Å². The Labute approximate surface area is 207 Å². The van der Waals surface area contributed by atoms with Crippen molar-refractivity contribution in [3.05, 3.63) is 72.1 Å². The normalized spacial score (nSPS) is 17.0. The van der Waals surface area contributed by atoms with Crippen LogP contribution in [0.1, 0.15) is 18.1 Å². The maximum atomic E-state index is 13.0. The van der Waals surface area contributed by atoms with Gasteiger partial charge in [0.15, 0.2) is 0 Å². The molecule has 0 aliphatic carbocycles. The molecule has 2 heterocycles. The zero-order valence-electron chi connectivity index (χ0n) is 20.1. The molecule has 11 nitrogen and oxygen atoms in total. The Morgan fingerprint density at radius 3 is 2.28 bits per heavy atom. The molecule has 1 atom stereocenters. The number of methoxy groups -OCH3 is 1. The molecule has 186 valence electrons. The van der Waals surface area contributed by atoms with Gasteiger partial charge >= 0.3 is 6.03 Å². The molecule has 3 N–H and O–H groups in total.